The first-order valence-electron chi connectivity index (χ1n) is 3.54. The van der Waals surface area contributed by atoms with E-state index in [0.717, 1.165) is 0 Å². The molecule has 1 heterocycles. The number of aromatic nitrogens is 1. The molecule has 0 saturated carbocycles. The lowest BCUT2D eigenvalue weighted by molar-refractivity contribution is 1.04. The molecule has 1 aromatic heterocycles. The van der Waals surface area contributed by atoms with Gasteiger partial charge in [-0.15, -0.1) is 0 Å². The molecular weight excluding hydrogens is 126 g/mol. The number of rotatable bonds is 3. The van der Waals surface area contributed by atoms with Crippen molar-refractivity contribution in [3.05, 3.63) is 24.5 Å². The Kier molecular flexibility index (Phi) is 2.58. The molecule has 0 radical (unpaired) electrons. The summed E-state index contributed by atoms with van der Waals surface area (Å²) in [4.78, 5) is 0. The van der Waals surface area contributed by atoms with E-state index in [9.17, 15) is 0 Å². The minimum atomic E-state index is 0.0475. The second-order valence-electron chi connectivity index (χ2n) is 2.27. The lowest BCUT2D eigenvalue weighted by atomic mass is 10.6. The highest BCUT2D eigenvalue weighted by molar-refractivity contribution is 6.33. The van der Waals surface area contributed by atoms with E-state index in [1.165, 1.54) is 12.5 Å². The third-order valence-electron chi connectivity index (χ3n) is 1.44. The highest BCUT2D eigenvalue weighted by Gasteiger charge is 1.85. The van der Waals surface area contributed by atoms with Crippen LogP contribution in [0.15, 0.2) is 24.5 Å². The summed E-state index contributed by atoms with van der Waals surface area (Å²) in [6.07, 6.45) is 5.67. The molecule has 0 aliphatic carbocycles. The van der Waals surface area contributed by atoms with Gasteiger partial charge in [0.25, 0.3) is 0 Å². The Morgan fingerprint density at radius 3 is 2.56 bits per heavy atom. The maximum absolute atomic E-state index is 2.35. The predicted octanol–water partition coefficient (Wildman–Crippen LogP) is 1.25. The van der Waals surface area contributed by atoms with Crippen LogP contribution in [0.5, 0.6) is 0 Å². The van der Waals surface area contributed by atoms with Crippen LogP contribution in [0.25, 0.3) is 0 Å². The van der Waals surface area contributed by atoms with Gasteiger partial charge in [0.15, 0.2) is 0 Å². The summed E-state index contributed by atoms with van der Waals surface area (Å²) < 4.78 is 2.35. The van der Waals surface area contributed by atoms with Crippen LogP contribution in [0.3, 0.4) is 0 Å². The van der Waals surface area contributed by atoms with Crippen LogP contribution in [-0.2, 0) is 0 Å². The van der Waals surface area contributed by atoms with E-state index in [2.05, 4.69) is 35.7 Å². The highest BCUT2D eigenvalue weighted by atomic mass is 28.2. The smallest absolute Gasteiger partial charge is 0.128 e. The lowest BCUT2D eigenvalue weighted by Gasteiger charge is -1.96. The van der Waals surface area contributed by atoms with Crippen molar-refractivity contribution < 1.29 is 0 Å². The summed E-state index contributed by atoms with van der Waals surface area (Å²) in [5.74, 6) is 0. The topological polar surface area (TPSA) is 4.93 Å². The monoisotopic (exact) mass is 139 g/mol. The van der Waals surface area contributed by atoms with Gasteiger partial charge >= 0.3 is 0 Å². The first-order valence-corrected chi connectivity index (χ1v) is 5.17. The Morgan fingerprint density at radius 2 is 2.00 bits per heavy atom. The summed E-state index contributed by atoms with van der Waals surface area (Å²) in [7, 11) is 0.0475. The second-order valence-corrected chi connectivity index (χ2v) is 4.16. The zero-order valence-electron chi connectivity index (χ0n) is 5.88. The summed E-state index contributed by atoms with van der Waals surface area (Å²) in [5, 5.41) is 0. The molecule has 0 aliphatic heterocycles. The molecule has 0 atom stereocenters. The second kappa shape index (κ2) is 3.51. The van der Waals surface area contributed by atoms with E-state index in [1.54, 1.807) is 0 Å². The summed E-state index contributed by atoms with van der Waals surface area (Å²) in [6.45, 7) is 2.25. The van der Waals surface area contributed by atoms with E-state index < -0.39 is 0 Å². The van der Waals surface area contributed by atoms with Gasteiger partial charge in [0, 0.05) is 0 Å². The molecule has 1 nitrogen and oxygen atoms in total. The van der Waals surface area contributed by atoms with Gasteiger partial charge in [-0.2, -0.15) is 0 Å². The van der Waals surface area contributed by atoms with Gasteiger partial charge in [0.2, 0.25) is 0 Å². The normalized spacial score (nSPS) is 11.2. The van der Waals surface area contributed by atoms with Gasteiger partial charge in [-0.05, 0) is 30.6 Å². The molecule has 0 aliphatic rings. The third-order valence-corrected chi connectivity index (χ3v) is 3.40. The molecule has 0 amide bonds. The van der Waals surface area contributed by atoms with Crippen LogP contribution >= 0.6 is 0 Å². The van der Waals surface area contributed by atoms with Crippen molar-refractivity contribution in [3.8, 4) is 0 Å². The van der Waals surface area contributed by atoms with Crippen LogP contribution in [-0.4, -0.2) is 13.9 Å². The maximum atomic E-state index is 2.35. The first kappa shape index (κ1) is 6.61. The van der Waals surface area contributed by atoms with Crippen molar-refractivity contribution in [1.29, 1.82) is 0 Å². The predicted molar refractivity (Wildman–Crippen MR) is 43.5 cm³/mol. The molecular formula is C7H13NSi. The van der Waals surface area contributed by atoms with E-state index in [0.29, 0.717) is 0 Å². The summed E-state index contributed by atoms with van der Waals surface area (Å²) in [5.41, 5.74) is 0. The fourth-order valence-electron chi connectivity index (χ4n) is 0.860. The van der Waals surface area contributed by atoms with Crippen LogP contribution in [0.4, 0.5) is 0 Å². The quantitative estimate of drug-likeness (QED) is 0.555. The average Bonchev–Trinajstić information content (AvgIpc) is 2.34. The van der Waals surface area contributed by atoms with Gasteiger partial charge in [-0.1, -0.05) is 13.3 Å². The zero-order chi connectivity index (χ0) is 6.53. The van der Waals surface area contributed by atoms with Crippen molar-refractivity contribution in [2.24, 2.45) is 0 Å². The molecule has 1 rings (SSSR count). The minimum Gasteiger partial charge on any atom is -0.386 e. The van der Waals surface area contributed by atoms with Crippen LogP contribution in [0.1, 0.15) is 13.3 Å². The lowest BCUT2D eigenvalue weighted by Crippen LogP contribution is -2.00. The molecule has 0 spiro atoms. The highest BCUT2D eigenvalue weighted by Crippen LogP contribution is 1.90. The van der Waals surface area contributed by atoms with Crippen molar-refractivity contribution in [3.63, 3.8) is 0 Å². The summed E-state index contributed by atoms with van der Waals surface area (Å²) in [6, 6.07) is 5.62. The van der Waals surface area contributed by atoms with E-state index in [-0.39, 0.29) is 9.68 Å². The zero-order valence-corrected chi connectivity index (χ0v) is 7.29. The molecule has 1 aromatic rings. The van der Waals surface area contributed by atoms with Gasteiger partial charge in [-0.25, -0.2) is 0 Å². The van der Waals surface area contributed by atoms with E-state index >= 15 is 0 Å². The molecule has 2 heteroatoms. The minimum absolute atomic E-state index is 0.0475. The molecule has 50 valence electrons. The van der Waals surface area contributed by atoms with Crippen molar-refractivity contribution in [1.82, 2.24) is 4.23 Å². The van der Waals surface area contributed by atoms with Gasteiger partial charge in [0.1, 0.15) is 9.68 Å². The van der Waals surface area contributed by atoms with E-state index in [1.807, 2.05) is 0 Å². The van der Waals surface area contributed by atoms with E-state index in [4.69, 9.17) is 0 Å². The summed E-state index contributed by atoms with van der Waals surface area (Å²) >= 11 is 0. The first-order chi connectivity index (χ1) is 4.43. The van der Waals surface area contributed by atoms with Crippen LogP contribution in [0.2, 0.25) is 6.04 Å². The average molecular weight is 139 g/mol. The van der Waals surface area contributed by atoms with Gasteiger partial charge in [0.05, 0.1) is 0 Å². The third kappa shape index (κ3) is 2.06. The number of nitrogens with zero attached hydrogens (tertiary/aromatic N) is 1. The van der Waals surface area contributed by atoms with Crippen molar-refractivity contribution in [2.45, 2.75) is 19.4 Å². The largest absolute Gasteiger partial charge is 0.386 e. The van der Waals surface area contributed by atoms with Crippen LogP contribution in [0, 0.1) is 0 Å². The fraction of sp³-hybridized carbons (Fsp3) is 0.429. The Bertz CT molecular complexity index is 146. The van der Waals surface area contributed by atoms with Crippen molar-refractivity contribution in [2.75, 3.05) is 0 Å². The fourth-order valence-corrected chi connectivity index (χ4v) is 2.08. The molecule has 0 N–H and O–H groups in total. The SMILES string of the molecule is CCC[SiH2]n1cccc1. The standard InChI is InChI=1S/C7H13NSi/c1-2-7-9-8-5-3-4-6-8/h3-6H,2,7,9H2,1H3. The number of hydrogen-bond donors (Lipinski definition) is 0. The van der Waals surface area contributed by atoms with Crippen molar-refractivity contribution >= 4 is 9.68 Å². The maximum Gasteiger partial charge on any atom is 0.128 e. The molecule has 9 heavy (non-hydrogen) atoms. The van der Waals surface area contributed by atoms with Gasteiger partial charge in [-0.3, -0.25) is 0 Å². The molecule has 0 aromatic carbocycles. The molecule has 0 fully saturated rings. The molecule has 0 unspecified atom stereocenters. The van der Waals surface area contributed by atoms with Crippen LogP contribution < -0.4 is 0 Å². The Hall–Kier alpha value is -0.503. The number of hydrogen-bond acceptors (Lipinski definition) is 0. The Morgan fingerprint density at radius 1 is 1.33 bits per heavy atom. The van der Waals surface area contributed by atoms with Gasteiger partial charge < -0.3 is 4.23 Å². The molecule has 0 bridgehead atoms. The Balaban J connectivity index is 2.30. The molecule has 0 saturated heterocycles. The Labute approximate surface area is 58.6 Å².